The molecule has 0 fully saturated rings. The Balaban J connectivity index is 1.88. The number of carbonyl (C=O) groups is 1. The molecule has 2 heteroatoms. The first-order valence-corrected chi connectivity index (χ1v) is 8.52. The molecule has 0 aliphatic heterocycles. The first kappa shape index (κ1) is 17.7. The van der Waals surface area contributed by atoms with Gasteiger partial charge >= 0.3 is 5.97 Å². The molecule has 0 saturated heterocycles. The van der Waals surface area contributed by atoms with Crippen molar-refractivity contribution < 1.29 is 9.53 Å². The van der Waals surface area contributed by atoms with Gasteiger partial charge in [0.25, 0.3) is 0 Å². The van der Waals surface area contributed by atoms with E-state index in [0.29, 0.717) is 13.0 Å². The van der Waals surface area contributed by atoms with Gasteiger partial charge in [-0.25, -0.2) is 0 Å². The summed E-state index contributed by atoms with van der Waals surface area (Å²) in [5, 5.41) is 0. The molecule has 118 valence electrons. The van der Waals surface area contributed by atoms with Gasteiger partial charge in [-0.05, 0) is 31.2 Å². The molecule has 0 unspecified atom stereocenters. The van der Waals surface area contributed by atoms with Crippen molar-refractivity contribution in [2.75, 3.05) is 6.61 Å². The van der Waals surface area contributed by atoms with Gasteiger partial charge in [-0.2, -0.15) is 0 Å². The smallest absolute Gasteiger partial charge is 0.305 e. The molecule has 0 N–H and O–H groups in total. The van der Waals surface area contributed by atoms with Gasteiger partial charge in [0.05, 0.1) is 6.61 Å². The second-order valence-electron chi connectivity index (χ2n) is 5.68. The fraction of sp³-hybridized carbons (Fsp3) is 0.632. The van der Waals surface area contributed by atoms with Crippen molar-refractivity contribution in [3.05, 3.63) is 35.9 Å². The average molecular weight is 290 g/mol. The number of esters is 1. The molecule has 0 aromatic heterocycles. The van der Waals surface area contributed by atoms with Gasteiger partial charge in [0.15, 0.2) is 0 Å². The molecule has 0 saturated carbocycles. The Morgan fingerprint density at radius 3 is 2.38 bits per heavy atom. The lowest BCUT2D eigenvalue weighted by Gasteiger charge is -2.05. The maximum atomic E-state index is 11.5. The van der Waals surface area contributed by atoms with Crippen molar-refractivity contribution in [2.45, 2.75) is 71.1 Å². The zero-order valence-electron chi connectivity index (χ0n) is 13.5. The minimum atomic E-state index is -0.0189. The topological polar surface area (TPSA) is 26.3 Å². The number of carbonyl (C=O) groups excluding carboxylic acids is 1. The molecule has 1 rings (SSSR count). The summed E-state index contributed by atoms with van der Waals surface area (Å²) < 4.78 is 5.23. The summed E-state index contributed by atoms with van der Waals surface area (Å²) in [5.74, 6) is -0.0189. The molecule has 0 spiro atoms. The van der Waals surface area contributed by atoms with E-state index in [1.54, 1.807) is 0 Å². The van der Waals surface area contributed by atoms with E-state index in [2.05, 4.69) is 37.3 Å². The van der Waals surface area contributed by atoms with Gasteiger partial charge in [-0.15, -0.1) is 0 Å². The predicted octanol–water partition coefficient (Wildman–Crippen LogP) is 5.30. The monoisotopic (exact) mass is 290 g/mol. The minimum Gasteiger partial charge on any atom is -0.466 e. The Bertz CT molecular complexity index is 359. The number of hydrogen-bond donors (Lipinski definition) is 0. The summed E-state index contributed by atoms with van der Waals surface area (Å²) in [6.07, 6.45) is 10.8. The summed E-state index contributed by atoms with van der Waals surface area (Å²) in [7, 11) is 0. The number of hydrogen-bond acceptors (Lipinski definition) is 2. The van der Waals surface area contributed by atoms with Crippen molar-refractivity contribution in [1.29, 1.82) is 0 Å². The van der Waals surface area contributed by atoms with E-state index in [1.165, 1.54) is 37.7 Å². The molecular formula is C19H30O2. The molecule has 0 bridgehead atoms. The van der Waals surface area contributed by atoms with Gasteiger partial charge in [-0.3, -0.25) is 4.79 Å². The van der Waals surface area contributed by atoms with Crippen LogP contribution in [-0.4, -0.2) is 12.6 Å². The molecule has 0 radical (unpaired) electrons. The fourth-order valence-electron chi connectivity index (χ4n) is 2.38. The molecule has 21 heavy (non-hydrogen) atoms. The van der Waals surface area contributed by atoms with E-state index >= 15 is 0 Å². The van der Waals surface area contributed by atoms with Crippen LogP contribution in [0.1, 0.15) is 70.3 Å². The van der Waals surface area contributed by atoms with Crippen LogP contribution in [-0.2, 0) is 16.0 Å². The van der Waals surface area contributed by atoms with Crippen LogP contribution in [0, 0.1) is 0 Å². The fourth-order valence-corrected chi connectivity index (χ4v) is 2.38. The SMILES string of the molecule is CCCCCCOC(=O)CCCCCCc1ccccc1. The molecule has 0 aliphatic rings. The maximum absolute atomic E-state index is 11.5. The van der Waals surface area contributed by atoms with Crippen LogP contribution in [0.4, 0.5) is 0 Å². The third-order valence-electron chi connectivity index (χ3n) is 3.70. The van der Waals surface area contributed by atoms with Gasteiger partial charge in [0.1, 0.15) is 0 Å². The molecule has 0 heterocycles. The lowest BCUT2D eigenvalue weighted by molar-refractivity contribution is -0.143. The third-order valence-corrected chi connectivity index (χ3v) is 3.70. The summed E-state index contributed by atoms with van der Waals surface area (Å²) in [4.78, 5) is 11.5. The molecule has 2 nitrogen and oxygen atoms in total. The second-order valence-corrected chi connectivity index (χ2v) is 5.68. The Labute approximate surface area is 129 Å². The summed E-state index contributed by atoms with van der Waals surface area (Å²) in [6, 6.07) is 10.6. The summed E-state index contributed by atoms with van der Waals surface area (Å²) >= 11 is 0. The number of aryl methyl sites for hydroxylation is 1. The largest absolute Gasteiger partial charge is 0.466 e. The Morgan fingerprint density at radius 2 is 1.62 bits per heavy atom. The highest BCUT2D eigenvalue weighted by Gasteiger charge is 2.02. The summed E-state index contributed by atoms with van der Waals surface area (Å²) in [5.41, 5.74) is 1.41. The van der Waals surface area contributed by atoms with Crippen molar-refractivity contribution in [1.82, 2.24) is 0 Å². The first-order chi connectivity index (χ1) is 10.3. The van der Waals surface area contributed by atoms with E-state index in [4.69, 9.17) is 4.74 Å². The Kier molecular flexibility index (Phi) is 10.5. The van der Waals surface area contributed by atoms with Crippen molar-refractivity contribution >= 4 is 5.97 Å². The third kappa shape index (κ3) is 10.1. The van der Waals surface area contributed by atoms with Crippen LogP contribution in [0.2, 0.25) is 0 Å². The van der Waals surface area contributed by atoms with E-state index in [-0.39, 0.29) is 5.97 Å². The highest BCUT2D eigenvalue weighted by molar-refractivity contribution is 5.69. The van der Waals surface area contributed by atoms with E-state index in [0.717, 1.165) is 25.7 Å². The van der Waals surface area contributed by atoms with Crippen LogP contribution in [0.5, 0.6) is 0 Å². The normalized spacial score (nSPS) is 10.5. The van der Waals surface area contributed by atoms with Gasteiger partial charge in [0.2, 0.25) is 0 Å². The number of ether oxygens (including phenoxy) is 1. The molecule has 1 aromatic carbocycles. The zero-order valence-corrected chi connectivity index (χ0v) is 13.5. The Hall–Kier alpha value is -1.31. The van der Waals surface area contributed by atoms with E-state index in [1.807, 2.05) is 0 Å². The Morgan fingerprint density at radius 1 is 0.905 bits per heavy atom. The number of unbranched alkanes of at least 4 members (excludes halogenated alkanes) is 6. The van der Waals surface area contributed by atoms with Crippen LogP contribution >= 0.6 is 0 Å². The summed E-state index contributed by atoms with van der Waals surface area (Å²) in [6.45, 7) is 2.79. The van der Waals surface area contributed by atoms with Crippen molar-refractivity contribution in [3.8, 4) is 0 Å². The maximum Gasteiger partial charge on any atom is 0.305 e. The standard InChI is InChI=1S/C19H30O2/c1-2-3-4-12-17-21-19(20)16-11-6-5-8-13-18-14-9-7-10-15-18/h7,9-10,14-15H,2-6,8,11-13,16-17H2,1H3. The minimum absolute atomic E-state index is 0.0189. The predicted molar refractivity (Wildman–Crippen MR) is 88.3 cm³/mol. The van der Waals surface area contributed by atoms with Crippen LogP contribution < -0.4 is 0 Å². The highest BCUT2D eigenvalue weighted by atomic mass is 16.5. The van der Waals surface area contributed by atoms with Gasteiger partial charge in [0, 0.05) is 6.42 Å². The lowest BCUT2D eigenvalue weighted by atomic mass is 10.1. The average Bonchev–Trinajstić information content (AvgIpc) is 2.51. The number of rotatable bonds is 12. The highest BCUT2D eigenvalue weighted by Crippen LogP contribution is 2.09. The number of benzene rings is 1. The quantitative estimate of drug-likeness (QED) is 0.385. The van der Waals surface area contributed by atoms with Gasteiger partial charge in [-0.1, -0.05) is 69.4 Å². The van der Waals surface area contributed by atoms with Crippen molar-refractivity contribution in [3.63, 3.8) is 0 Å². The van der Waals surface area contributed by atoms with Crippen LogP contribution in [0.3, 0.4) is 0 Å². The second kappa shape index (κ2) is 12.4. The van der Waals surface area contributed by atoms with Gasteiger partial charge < -0.3 is 4.74 Å². The molecule has 1 aromatic rings. The van der Waals surface area contributed by atoms with E-state index < -0.39 is 0 Å². The van der Waals surface area contributed by atoms with Crippen molar-refractivity contribution in [2.24, 2.45) is 0 Å². The molecule has 0 amide bonds. The molecule has 0 atom stereocenters. The lowest BCUT2D eigenvalue weighted by Crippen LogP contribution is -2.05. The van der Waals surface area contributed by atoms with E-state index in [9.17, 15) is 4.79 Å². The zero-order chi connectivity index (χ0) is 15.2. The van der Waals surface area contributed by atoms with Crippen LogP contribution in [0.15, 0.2) is 30.3 Å². The first-order valence-electron chi connectivity index (χ1n) is 8.52. The van der Waals surface area contributed by atoms with Crippen LogP contribution in [0.25, 0.3) is 0 Å². The molecular weight excluding hydrogens is 260 g/mol. The molecule has 0 aliphatic carbocycles.